The summed E-state index contributed by atoms with van der Waals surface area (Å²) in [5.74, 6) is 1.03. The fourth-order valence-corrected chi connectivity index (χ4v) is 3.07. The molecule has 0 saturated carbocycles. The van der Waals surface area contributed by atoms with Gasteiger partial charge in [-0.05, 0) is 24.1 Å². The summed E-state index contributed by atoms with van der Waals surface area (Å²) in [6, 6.07) is 17.9. The van der Waals surface area contributed by atoms with E-state index in [2.05, 4.69) is 74.6 Å². The first-order chi connectivity index (χ1) is 9.65. The molecule has 0 fully saturated rings. The zero-order valence-corrected chi connectivity index (χ0v) is 13.3. The highest BCUT2D eigenvalue weighted by molar-refractivity contribution is 7.98. The third-order valence-electron chi connectivity index (χ3n) is 3.15. The van der Waals surface area contributed by atoms with E-state index in [4.69, 9.17) is 0 Å². The van der Waals surface area contributed by atoms with E-state index in [1.807, 2.05) is 11.8 Å². The van der Waals surface area contributed by atoms with E-state index in [-0.39, 0.29) is 0 Å². The average molecular weight is 285 g/mol. The molecule has 2 rings (SSSR count). The Morgan fingerprint density at radius 2 is 1.85 bits per heavy atom. The van der Waals surface area contributed by atoms with Crippen molar-refractivity contribution in [3.63, 3.8) is 0 Å². The normalized spacial score (nSPS) is 11.0. The lowest BCUT2D eigenvalue weighted by Gasteiger charge is -2.12. The standard InChI is InChI=1S/C18H23NS/c1-14(2)19-12-17-9-4-5-10-18(17)20-13-16-8-6-7-15(3)11-16/h4-11,14,19H,12-13H2,1-3H3. The van der Waals surface area contributed by atoms with E-state index in [9.17, 15) is 0 Å². The molecule has 0 aliphatic carbocycles. The Balaban J connectivity index is 2.02. The van der Waals surface area contributed by atoms with E-state index in [0.717, 1.165) is 12.3 Å². The van der Waals surface area contributed by atoms with Crippen LogP contribution in [-0.2, 0) is 12.3 Å². The molecule has 2 aromatic carbocycles. The monoisotopic (exact) mass is 285 g/mol. The van der Waals surface area contributed by atoms with Crippen LogP contribution in [0.2, 0.25) is 0 Å². The molecule has 0 radical (unpaired) electrons. The number of benzene rings is 2. The van der Waals surface area contributed by atoms with E-state index < -0.39 is 0 Å². The van der Waals surface area contributed by atoms with E-state index >= 15 is 0 Å². The molecular weight excluding hydrogens is 262 g/mol. The lowest BCUT2D eigenvalue weighted by molar-refractivity contribution is 0.585. The fourth-order valence-electron chi connectivity index (χ4n) is 2.07. The molecule has 0 atom stereocenters. The van der Waals surface area contributed by atoms with Crippen molar-refractivity contribution in [2.24, 2.45) is 0 Å². The summed E-state index contributed by atoms with van der Waals surface area (Å²) < 4.78 is 0. The van der Waals surface area contributed by atoms with Gasteiger partial charge in [0.15, 0.2) is 0 Å². The van der Waals surface area contributed by atoms with Crippen LogP contribution in [0, 0.1) is 6.92 Å². The van der Waals surface area contributed by atoms with Crippen LogP contribution in [-0.4, -0.2) is 6.04 Å². The van der Waals surface area contributed by atoms with Crippen LogP contribution in [0.3, 0.4) is 0 Å². The van der Waals surface area contributed by atoms with Crippen molar-refractivity contribution in [3.8, 4) is 0 Å². The topological polar surface area (TPSA) is 12.0 Å². The molecule has 0 saturated heterocycles. The lowest BCUT2D eigenvalue weighted by Crippen LogP contribution is -2.22. The number of thioether (sulfide) groups is 1. The maximum Gasteiger partial charge on any atom is 0.0232 e. The van der Waals surface area contributed by atoms with Gasteiger partial charge in [-0.3, -0.25) is 0 Å². The number of nitrogens with one attached hydrogen (secondary N) is 1. The van der Waals surface area contributed by atoms with Gasteiger partial charge < -0.3 is 5.32 Å². The zero-order chi connectivity index (χ0) is 14.4. The van der Waals surface area contributed by atoms with Crippen molar-refractivity contribution in [2.45, 2.75) is 44.0 Å². The quantitative estimate of drug-likeness (QED) is 0.766. The summed E-state index contributed by atoms with van der Waals surface area (Å²) >= 11 is 1.92. The molecule has 0 aromatic heterocycles. The fraction of sp³-hybridized carbons (Fsp3) is 0.333. The van der Waals surface area contributed by atoms with Crippen LogP contribution in [0.5, 0.6) is 0 Å². The van der Waals surface area contributed by atoms with Crippen LogP contribution in [0.1, 0.15) is 30.5 Å². The van der Waals surface area contributed by atoms with Crippen LogP contribution < -0.4 is 5.32 Å². The van der Waals surface area contributed by atoms with Gasteiger partial charge in [0.05, 0.1) is 0 Å². The summed E-state index contributed by atoms with van der Waals surface area (Å²) in [6.07, 6.45) is 0. The molecule has 0 unspecified atom stereocenters. The summed E-state index contributed by atoms with van der Waals surface area (Å²) in [6.45, 7) is 7.45. The predicted molar refractivity (Wildman–Crippen MR) is 89.2 cm³/mol. The Hall–Kier alpha value is -1.25. The molecule has 0 aliphatic rings. The third kappa shape index (κ3) is 4.69. The highest BCUT2D eigenvalue weighted by Crippen LogP contribution is 2.26. The van der Waals surface area contributed by atoms with Crippen LogP contribution in [0.15, 0.2) is 53.4 Å². The first kappa shape index (κ1) is 15.1. The largest absolute Gasteiger partial charge is 0.310 e. The van der Waals surface area contributed by atoms with Crippen LogP contribution in [0.4, 0.5) is 0 Å². The number of aryl methyl sites for hydroxylation is 1. The lowest BCUT2D eigenvalue weighted by atomic mass is 10.2. The SMILES string of the molecule is Cc1cccc(CSc2ccccc2CNC(C)C)c1. The van der Waals surface area contributed by atoms with Gasteiger partial charge in [0.2, 0.25) is 0 Å². The minimum atomic E-state index is 0.518. The molecule has 2 aromatic rings. The Bertz CT molecular complexity index is 549. The summed E-state index contributed by atoms with van der Waals surface area (Å²) in [5, 5.41) is 3.50. The van der Waals surface area contributed by atoms with Crippen molar-refractivity contribution < 1.29 is 0 Å². The second-order valence-electron chi connectivity index (χ2n) is 5.42. The minimum Gasteiger partial charge on any atom is -0.310 e. The summed E-state index contributed by atoms with van der Waals surface area (Å²) in [7, 11) is 0. The first-order valence-corrected chi connectivity index (χ1v) is 8.13. The first-order valence-electron chi connectivity index (χ1n) is 7.15. The molecular formula is C18H23NS. The van der Waals surface area contributed by atoms with Gasteiger partial charge in [-0.2, -0.15) is 0 Å². The second-order valence-corrected chi connectivity index (χ2v) is 6.44. The molecule has 0 spiro atoms. The smallest absolute Gasteiger partial charge is 0.0232 e. The highest BCUT2D eigenvalue weighted by atomic mass is 32.2. The van der Waals surface area contributed by atoms with E-state index in [1.54, 1.807) is 0 Å². The molecule has 0 heterocycles. The molecule has 0 bridgehead atoms. The Morgan fingerprint density at radius 3 is 2.60 bits per heavy atom. The second kappa shape index (κ2) is 7.51. The van der Waals surface area contributed by atoms with Gasteiger partial charge in [-0.25, -0.2) is 0 Å². The zero-order valence-electron chi connectivity index (χ0n) is 12.5. The number of hydrogen-bond donors (Lipinski definition) is 1. The maximum absolute atomic E-state index is 3.50. The van der Waals surface area contributed by atoms with Gasteiger partial charge in [-0.15, -0.1) is 11.8 Å². The van der Waals surface area contributed by atoms with Gasteiger partial charge in [0, 0.05) is 23.2 Å². The van der Waals surface area contributed by atoms with Gasteiger partial charge in [0.25, 0.3) is 0 Å². The van der Waals surface area contributed by atoms with Crippen molar-refractivity contribution in [3.05, 3.63) is 65.2 Å². The minimum absolute atomic E-state index is 0.518. The Morgan fingerprint density at radius 1 is 1.05 bits per heavy atom. The predicted octanol–water partition coefficient (Wildman–Crippen LogP) is 4.79. The maximum atomic E-state index is 3.50. The van der Waals surface area contributed by atoms with Crippen molar-refractivity contribution in [1.29, 1.82) is 0 Å². The molecule has 0 aliphatic heterocycles. The van der Waals surface area contributed by atoms with Gasteiger partial charge >= 0.3 is 0 Å². The highest BCUT2D eigenvalue weighted by Gasteiger charge is 2.04. The van der Waals surface area contributed by atoms with Crippen molar-refractivity contribution in [2.75, 3.05) is 0 Å². The Labute approximate surface area is 126 Å². The average Bonchev–Trinajstić information content (AvgIpc) is 2.44. The van der Waals surface area contributed by atoms with Crippen LogP contribution in [0.25, 0.3) is 0 Å². The third-order valence-corrected chi connectivity index (χ3v) is 4.34. The van der Waals surface area contributed by atoms with Crippen molar-refractivity contribution in [1.82, 2.24) is 5.32 Å². The number of rotatable bonds is 6. The molecule has 1 N–H and O–H groups in total. The van der Waals surface area contributed by atoms with Gasteiger partial charge in [-0.1, -0.05) is 61.9 Å². The Kier molecular flexibility index (Phi) is 5.69. The molecule has 2 heteroatoms. The number of hydrogen-bond acceptors (Lipinski definition) is 2. The van der Waals surface area contributed by atoms with E-state index in [1.165, 1.54) is 21.6 Å². The van der Waals surface area contributed by atoms with Crippen molar-refractivity contribution >= 4 is 11.8 Å². The summed E-state index contributed by atoms with van der Waals surface area (Å²) in [5.41, 5.74) is 4.11. The summed E-state index contributed by atoms with van der Waals surface area (Å²) in [4.78, 5) is 1.38. The van der Waals surface area contributed by atoms with E-state index in [0.29, 0.717) is 6.04 Å². The van der Waals surface area contributed by atoms with Gasteiger partial charge in [0.1, 0.15) is 0 Å². The van der Waals surface area contributed by atoms with Crippen LogP contribution >= 0.6 is 11.8 Å². The molecule has 20 heavy (non-hydrogen) atoms. The molecule has 106 valence electrons. The molecule has 0 amide bonds. The molecule has 1 nitrogen and oxygen atoms in total.